The second kappa shape index (κ2) is 5.91. The van der Waals surface area contributed by atoms with Crippen LogP contribution in [0.25, 0.3) is 0 Å². The SMILES string of the molecule is CC(C)(C)C(CCO)Nc1ccc(I)cc1N. The van der Waals surface area contributed by atoms with Crippen LogP contribution in [0, 0.1) is 8.99 Å². The second-order valence-electron chi connectivity index (χ2n) is 5.31. The van der Waals surface area contributed by atoms with Crippen LogP contribution in [-0.2, 0) is 0 Å². The Labute approximate surface area is 117 Å². The van der Waals surface area contributed by atoms with E-state index in [1.54, 1.807) is 0 Å². The van der Waals surface area contributed by atoms with Crippen molar-refractivity contribution < 1.29 is 5.11 Å². The molecule has 0 saturated heterocycles. The van der Waals surface area contributed by atoms with Crippen LogP contribution in [0.2, 0.25) is 0 Å². The van der Waals surface area contributed by atoms with Crippen LogP contribution in [0.5, 0.6) is 0 Å². The van der Waals surface area contributed by atoms with Gasteiger partial charge in [-0.15, -0.1) is 0 Å². The number of benzene rings is 1. The van der Waals surface area contributed by atoms with Crippen molar-refractivity contribution in [1.82, 2.24) is 0 Å². The molecule has 4 N–H and O–H groups in total. The summed E-state index contributed by atoms with van der Waals surface area (Å²) in [6, 6.07) is 6.17. The first-order chi connectivity index (χ1) is 7.84. The Kier molecular flexibility index (Phi) is 5.06. The quantitative estimate of drug-likeness (QED) is 0.579. The summed E-state index contributed by atoms with van der Waals surface area (Å²) < 4.78 is 1.13. The van der Waals surface area contributed by atoms with Crippen molar-refractivity contribution in [2.45, 2.75) is 33.2 Å². The van der Waals surface area contributed by atoms with Crippen molar-refractivity contribution in [3.63, 3.8) is 0 Å². The molecule has 1 atom stereocenters. The van der Waals surface area contributed by atoms with Gasteiger partial charge in [0.25, 0.3) is 0 Å². The predicted molar refractivity (Wildman–Crippen MR) is 82.1 cm³/mol. The average molecular weight is 348 g/mol. The van der Waals surface area contributed by atoms with Gasteiger partial charge in [-0.2, -0.15) is 0 Å². The van der Waals surface area contributed by atoms with E-state index in [0.29, 0.717) is 0 Å². The first-order valence-corrected chi connectivity index (χ1v) is 6.85. The third-order valence-corrected chi connectivity index (χ3v) is 3.48. The van der Waals surface area contributed by atoms with E-state index in [1.165, 1.54) is 0 Å². The van der Waals surface area contributed by atoms with E-state index in [9.17, 15) is 0 Å². The molecule has 0 heterocycles. The molecule has 0 aromatic heterocycles. The van der Waals surface area contributed by atoms with Crippen LogP contribution in [-0.4, -0.2) is 17.8 Å². The Bertz CT molecular complexity index is 374. The van der Waals surface area contributed by atoms with Gasteiger partial charge in [-0.3, -0.25) is 0 Å². The minimum absolute atomic E-state index is 0.0815. The number of hydrogen-bond acceptors (Lipinski definition) is 3. The summed E-state index contributed by atoms with van der Waals surface area (Å²) in [6.07, 6.45) is 0.717. The smallest absolute Gasteiger partial charge is 0.0577 e. The zero-order valence-corrected chi connectivity index (χ0v) is 12.8. The van der Waals surface area contributed by atoms with Gasteiger partial charge < -0.3 is 16.2 Å². The number of rotatable bonds is 4. The number of nitrogen functional groups attached to an aromatic ring is 1. The van der Waals surface area contributed by atoms with Crippen molar-refractivity contribution in [2.24, 2.45) is 5.41 Å². The van der Waals surface area contributed by atoms with Crippen LogP contribution in [0.1, 0.15) is 27.2 Å². The Hall–Kier alpha value is -0.490. The number of nitrogens with two attached hydrogens (primary N) is 1. The molecule has 3 nitrogen and oxygen atoms in total. The molecular weight excluding hydrogens is 327 g/mol. The van der Waals surface area contributed by atoms with E-state index in [2.05, 4.69) is 48.7 Å². The Balaban J connectivity index is 2.86. The van der Waals surface area contributed by atoms with E-state index < -0.39 is 0 Å². The molecule has 0 spiro atoms. The third kappa shape index (κ3) is 4.35. The van der Waals surface area contributed by atoms with Crippen molar-refractivity contribution in [3.8, 4) is 0 Å². The van der Waals surface area contributed by atoms with Gasteiger partial charge >= 0.3 is 0 Å². The summed E-state index contributed by atoms with van der Waals surface area (Å²) in [4.78, 5) is 0. The number of nitrogens with one attached hydrogen (secondary N) is 1. The maximum Gasteiger partial charge on any atom is 0.0577 e. The number of aliphatic hydroxyl groups is 1. The molecule has 0 aliphatic heterocycles. The highest BCUT2D eigenvalue weighted by Crippen LogP contribution is 2.28. The molecule has 17 heavy (non-hydrogen) atoms. The summed E-state index contributed by atoms with van der Waals surface area (Å²) in [6.45, 7) is 6.65. The molecule has 4 heteroatoms. The molecule has 0 amide bonds. The van der Waals surface area contributed by atoms with Gasteiger partial charge in [-0.1, -0.05) is 20.8 Å². The minimum Gasteiger partial charge on any atom is -0.397 e. The number of aliphatic hydroxyl groups excluding tert-OH is 1. The van der Waals surface area contributed by atoms with Gasteiger partial charge in [-0.05, 0) is 52.6 Å². The second-order valence-corrected chi connectivity index (χ2v) is 6.55. The molecule has 1 aromatic carbocycles. The third-order valence-electron chi connectivity index (χ3n) is 2.81. The summed E-state index contributed by atoms with van der Waals surface area (Å²) in [5.74, 6) is 0. The lowest BCUT2D eigenvalue weighted by Crippen LogP contribution is -2.35. The van der Waals surface area contributed by atoms with E-state index in [1.807, 2.05) is 18.2 Å². The number of halogens is 1. The standard InChI is InChI=1S/C13H21IN2O/c1-13(2,3)12(6-7-17)16-11-5-4-9(14)8-10(11)15/h4-5,8,12,16-17H,6-7,15H2,1-3H3. The van der Waals surface area contributed by atoms with E-state index in [0.717, 1.165) is 21.4 Å². The van der Waals surface area contributed by atoms with Crippen LogP contribution in [0.15, 0.2) is 18.2 Å². The van der Waals surface area contributed by atoms with E-state index >= 15 is 0 Å². The maximum atomic E-state index is 9.12. The lowest BCUT2D eigenvalue weighted by molar-refractivity contribution is 0.235. The van der Waals surface area contributed by atoms with Gasteiger partial charge in [0.05, 0.1) is 11.4 Å². The monoisotopic (exact) mass is 348 g/mol. The molecule has 1 rings (SSSR count). The lowest BCUT2D eigenvalue weighted by Gasteiger charge is -2.32. The zero-order chi connectivity index (χ0) is 13.1. The summed E-state index contributed by atoms with van der Waals surface area (Å²) in [5.41, 5.74) is 7.76. The highest BCUT2D eigenvalue weighted by atomic mass is 127. The number of hydrogen-bond donors (Lipinski definition) is 3. The summed E-state index contributed by atoms with van der Waals surface area (Å²) in [5, 5.41) is 12.5. The average Bonchev–Trinajstić information content (AvgIpc) is 2.19. The fraction of sp³-hybridized carbons (Fsp3) is 0.538. The molecule has 0 aliphatic rings. The minimum atomic E-state index is 0.0815. The zero-order valence-electron chi connectivity index (χ0n) is 10.6. The van der Waals surface area contributed by atoms with Crippen molar-refractivity contribution in [1.29, 1.82) is 0 Å². The van der Waals surface area contributed by atoms with Crippen LogP contribution in [0.4, 0.5) is 11.4 Å². The van der Waals surface area contributed by atoms with Crippen molar-refractivity contribution in [3.05, 3.63) is 21.8 Å². The molecule has 0 saturated carbocycles. The van der Waals surface area contributed by atoms with Gasteiger partial charge in [-0.25, -0.2) is 0 Å². The van der Waals surface area contributed by atoms with Crippen molar-refractivity contribution in [2.75, 3.05) is 17.7 Å². The highest BCUT2D eigenvalue weighted by molar-refractivity contribution is 14.1. The first kappa shape index (κ1) is 14.6. The topological polar surface area (TPSA) is 58.3 Å². The van der Waals surface area contributed by atoms with Crippen LogP contribution >= 0.6 is 22.6 Å². The molecule has 1 unspecified atom stereocenters. The summed E-state index contributed by atoms with van der Waals surface area (Å²) in [7, 11) is 0. The van der Waals surface area contributed by atoms with Gasteiger partial charge in [0.2, 0.25) is 0 Å². The lowest BCUT2D eigenvalue weighted by atomic mass is 9.84. The largest absolute Gasteiger partial charge is 0.397 e. The van der Waals surface area contributed by atoms with E-state index in [4.69, 9.17) is 10.8 Å². The van der Waals surface area contributed by atoms with E-state index in [-0.39, 0.29) is 18.1 Å². The Morgan fingerprint density at radius 2 is 2.06 bits per heavy atom. The predicted octanol–water partition coefficient (Wildman–Crippen LogP) is 3.08. The van der Waals surface area contributed by atoms with Crippen LogP contribution in [0.3, 0.4) is 0 Å². The molecule has 0 bridgehead atoms. The molecule has 0 radical (unpaired) electrons. The fourth-order valence-corrected chi connectivity index (χ4v) is 2.22. The summed E-state index contributed by atoms with van der Waals surface area (Å²) >= 11 is 2.24. The van der Waals surface area contributed by atoms with Crippen LogP contribution < -0.4 is 11.1 Å². The van der Waals surface area contributed by atoms with Crippen molar-refractivity contribution >= 4 is 34.0 Å². The van der Waals surface area contributed by atoms with Gasteiger partial charge in [0.15, 0.2) is 0 Å². The first-order valence-electron chi connectivity index (χ1n) is 5.77. The molecule has 1 aromatic rings. The Morgan fingerprint density at radius 1 is 1.41 bits per heavy atom. The fourth-order valence-electron chi connectivity index (χ4n) is 1.70. The molecule has 96 valence electrons. The molecule has 0 fully saturated rings. The van der Waals surface area contributed by atoms with Gasteiger partial charge in [0, 0.05) is 16.2 Å². The number of anilines is 2. The maximum absolute atomic E-state index is 9.12. The highest BCUT2D eigenvalue weighted by Gasteiger charge is 2.24. The Morgan fingerprint density at radius 3 is 2.53 bits per heavy atom. The normalized spacial score (nSPS) is 13.5. The molecule has 0 aliphatic carbocycles. The molecular formula is C13H21IN2O. The van der Waals surface area contributed by atoms with Gasteiger partial charge in [0.1, 0.15) is 0 Å².